The molecule has 136 valence electrons. The SMILES string of the molecule is Cl.Nc1ccccc1CCC(=O)NCCCOCC1CCOCC1. The van der Waals surface area contributed by atoms with Crippen molar-refractivity contribution in [3.05, 3.63) is 29.8 Å². The summed E-state index contributed by atoms with van der Waals surface area (Å²) >= 11 is 0. The molecule has 0 aromatic heterocycles. The monoisotopic (exact) mass is 356 g/mol. The van der Waals surface area contributed by atoms with Crippen LogP contribution in [0.2, 0.25) is 0 Å². The van der Waals surface area contributed by atoms with Gasteiger partial charge in [-0.15, -0.1) is 12.4 Å². The molecule has 1 fully saturated rings. The minimum Gasteiger partial charge on any atom is -0.399 e. The van der Waals surface area contributed by atoms with Crippen molar-refractivity contribution < 1.29 is 14.3 Å². The van der Waals surface area contributed by atoms with Crippen molar-refractivity contribution in [1.29, 1.82) is 0 Å². The molecule has 0 saturated carbocycles. The van der Waals surface area contributed by atoms with Gasteiger partial charge >= 0.3 is 0 Å². The zero-order valence-electron chi connectivity index (χ0n) is 14.2. The highest BCUT2D eigenvalue weighted by atomic mass is 35.5. The average molecular weight is 357 g/mol. The van der Waals surface area contributed by atoms with E-state index in [4.69, 9.17) is 15.2 Å². The summed E-state index contributed by atoms with van der Waals surface area (Å²) in [4.78, 5) is 11.8. The third kappa shape index (κ3) is 7.99. The Labute approximate surface area is 150 Å². The normalized spacial score (nSPS) is 14.8. The molecule has 5 nitrogen and oxygen atoms in total. The standard InChI is InChI=1S/C18H28N2O3.ClH/c19-17-5-2-1-4-16(17)6-7-18(21)20-10-3-11-23-14-15-8-12-22-13-9-15;/h1-2,4-5,15H,3,6-14,19H2,(H,20,21);1H. The van der Waals surface area contributed by atoms with Gasteiger partial charge in [-0.2, -0.15) is 0 Å². The van der Waals surface area contributed by atoms with Crippen molar-refractivity contribution in [3.8, 4) is 0 Å². The minimum absolute atomic E-state index is 0. The number of amides is 1. The number of benzene rings is 1. The van der Waals surface area contributed by atoms with Crippen LogP contribution in [0.25, 0.3) is 0 Å². The van der Waals surface area contributed by atoms with Gasteiger partial charge in [-0.1, -0.05) is 18.2 Å². The molecule has 6 heteroatoms. The minimum atomic E-state index is 0. The number of aryl methyl sites for hydroxylation is 1. The molecule has 24 heavy (non-hydrogen) atoms. The van der Waals surface area contributed by atoms with E-state index >= 15 is 0 Å². The third-order valence-electron chi connectivity index (χ3n) is 4.16. The Balaban J connectivity index is 0.00000288. The van der Waals surface area contributed by atoms with E-state index in [1.807, 2.05) is 24.3 Å². The van der Waals surface area contributed by atoms with Crippen LogP contribution in [0.1, 0.15) is 31.2 Å². The van der Waals surface area contributed by atoms with Gasteiger partial charge in [-0.05, 0) is 43.2 Å². The molecule has 1 aromatic carbocycles. The number of carbonyl (C=O) groups is 1. The van der Waals surface area contributed by atoms with Crippen LogP contribution < -0.4 is 11.1 Å². The number of nitrogens with one attached hydrogen (secondary N) is 1. The Hall–Kier alpha value is -1.30. The molecule has 0 radical (unpaired) electrons. The number of halogens is 1. The molecule has 1 saturated heterocycles. The number of anilines is 1. The topological polar surface area (TPSA) is 73.6 Å². The highest BCUT2D eigenvalue weighted by Crippen LogP contribution is 2.14. The van der Waals surface area contributed by atoms with Gasteiger partial charge in [0.05, 0.1) is 0 Å². The van der Waals surface area contributed by atoms with Crippen LogP contribution in [0.5, 0.6) is 0 Å². The van der Waals surface area contributed by atoms with Gasteiger partial charge in [0.15, 0.2) is 0 Å². The maximum Gasteiger partial charge on any atom is 0.220 e. The van der Waals surface area contributed by atoms with E-state index < -0.39 is 0 Å². The summed E-state index contributed by atoms with van der Waals surface area (Å²) in [5.74, 6) is 0.701. The molecular weight excluding hydrogens is 328 g/mol. The zero-order chi connectivity index (χ0) is 16.3. The Morgan fingerprint density at radius 3 is 2.79 bits per heavy atom. The maximum atomic E-state index is 11.8. The molecule has 1 aliphatic heterocycles. The van der Waals surface area contributed by atoms with Crippen LogP contribution in [0.15, 0.2) is 24.3 Å². The zero-order valence-corrected chi connectivity index (χ0v) is 15.0. The quantitative estimate of drug-likeness (QED) is 0.527. The first-order valence-electron chi connectivity index (χ1n) is 8.51. The summed E-state index contributed by atoms with van der Waals surface area (Å²) in [6.07, 6.45) is 4.19. The van der Waals surface area contributed by atoms with E-state index in [0.29, 0.717) is 31.9 Å². The Morgan fingerprint density at radius 2 is 2.04 bits per heavy atom. The third-order valence-corrected chi connectivity index (χ3v) is 4.16. The first-order chi connectivity index (χ1) is 11.3. The summed E-state index contributed by atoms with van der Waals surface area (Å²) in [5, 5.41) is 2.93. The summed E-state index contributed by atoms with van der Waals surface area (Å²) in [5.41, 5.74) is 7.65. The molecule has 1 aliphatic rings. The van der Waals surface area contributed by atoms with Crippen molar-refractivity contribution in [1.82, 2.24) is 5.32 Å². The Kier molecular flexibility index (Phi) is 10.5. The predicted octanol–water partition coefficient (Wildman–Crippen LogP) is 2.57. The van der Waals surface area contributed by atoms with E-state index in [0.717, 1.165) is 50.3 Å². The van der Waals surface area contributed by atoms with Crippen LogP contribution in [0.3, 0.4) is 0 Å². The van der Waals surface area contributed by atoms with Crippen molar-refractivity contribution in [2.24, 2.45) is 5.92 Å². The number of ether oxygens (including phenoxy) is 2. The molecule has 1 aromatic rings. The molecule has 1 heterocycles. The lowest BCUT2D eigenvalue weighted by molar-refractivity contribution is -0.121. The second-order valence-corrected chi connectivity index (χ2v) is 6.03. The van der Waals surface area contributed by atoms with Crippen LogP contribution in [-0.4, -0.2) is 38.9 Å². The van der Waals surface area contributed by atoms with Crippen LogP contribution in [-0.2, 0) is 20.7 Å². The van der Waals surface area contributed by atoms with Crippen molar-refractivity contribution in [2.75, 3.05) is 38.7 Å². The van der Waals surface area contributed by atoms with Gasteiger partial charge in [0.1, 0.15) is 0 Å². The average Bonchev–Trinajstić information content (AvgIpc) is 2.58. The number of hydrogen-bond acceptors (Lipinski definition) is 4. The van der Waals surface area contributed by atoms with Gasteiger partial charge in [-0.25, -0.2) is 0 Å². The fourth-order valence-electron chi connectivity index (χ4n) is 2.66. The smallest absolute Gasteiger partial charge is 0.220 e. The highest BCUT2D eigenvalue weighted by molar-refractivity contribution is 5.85. The van der Waals surface area contributed by atoms with Crippen molar-refractivity contribution in [2.45, 2.75) is 32.1 Å². The van der Waals surface area contributed by atoms with Crippen molar-refractivity contribution in [3.63, 3.8) is 0 Å². The van der Waals surface area contributed by atoms with Crippen LogP contribution >= 0.6 is 12.4 Å². The Bertz CT molecular complexity index is 479. The lowest BCUT2D eigenvalue weighted by atomic mass is 10.0. The highest BCUT2D eigenvalue weighted by Gasteiger charge is 2.13. The summed E-state index contributed by atoms with van der Waals surface area (Å²) in [6, 6.07) is 7.68. The first kappa shape index (κ1) is 20.7. The molecule has 0 atom stereocenters. The van der Waals surface area contributed by atoms with E-state index in [9.17, 15) is 4.79 Å². The van der Waals surface area contributed by atoms with E-state index in [2.05, 4.69) is 5.32 Å². The number of para-hydroxylation sites is 1. The molecule has 3 N–H and O–H groups in total. The summed E-state index contributed by atoms with van der Waals surface area (Å²) in [7, 11) is 0. The lowest BCUT2D eigenvalue weighted by Crippen LogP contribution is -2.26. The lowest BCUT2D eigenvalue weighted by Gasteiger charge is -2.21. The maximum absolute atomic E-state index is 11.8. The molecule has 1 amide bonds. The molecule has 2 rings (SSSR count). The fourth-order valence-corrected chi connectivity index (χ4v) is 2.66. The van der Waals surface area contributed by atoms with E-state index in [-0.39, 0.29) is 18.3 Å². The fraction of sp³-hybridized carbons (Fsp3) is 0.611. The summed E-state index contributed by atoms with van der Waals surface area (Å²) in [6.45, 7) is 3.89. The van der Waals surface area contributed by atoms with Gasteiger partial charge in [0.25, 0.3) is 0 Å². The molecule has 0 aliphatic carbocycles. The number of nitrogens with two attached hydrogens (primary N) is 1. The second kappa shape index (κ2) is 12.1. The number of hydrogen-bond donors (Lipinski definition) is 2. The van der Waals surface area contributed by atoms with Gasteiger partial charge in [0.2, 0.25) is 5.91 Å². The number of nitrogen functional groups attached to an aromatic ring is 1. The molecular formula is C18H29ClN2O3. The second-order valence-electron chi connectivity index (χ2n) is 6.03. The largest absolute Gasteiger partial charge is 0.399 e. The van der Waals surface area contributed by atoms with Gasteiger partial charge in [-0.3, -0.25) is 4.79 Å². The predicted molar refractivity (Wildman–Crippen MR) is 98.4 cm³/mol. The molecule has 0 bridgehead atoms. The molecule has 0 spiro atoms. The van der Waals surface area contributed by atoms with Crippen LogP contribution in [0.4, 0.5) is 5.69 Å². The van der Waals surface area contributed by atoms with Crippen LogP contribution in [0, 0.1) is 5.92 Å². The first-order valence-corrected chi connectivity index (χ1v) is 8.51. The number of rotatable bonds is 9. The van der Waals surface area contributed by atoms with E-state index in [1.165, 1.54) is 0 Å². The number of carbonyl (C=O) groups excluding carboxylic acids is 1. The van der Waals surface area contributed by atoms with Gasteiger partial charge in [0, 0.05) is 45.1 Å². The summed E-state index contributed by atoms with van der Waals surface area (Å²) < 4.78 is 11.0. The molecule has 0 unspecified atom stereocenters. The van der Waals surface area contributed by atoms with Crippen molar-refractivity contribution >= 4 is 24.0 Å². The van der Waals surface area contributed by atoms with Gasteiger partial charge < -0.3 is 20.5 Å². The Morgan fingerprint density at radius 1 is 1.29 bits per heavy atom. The van der Waals surface area contributed by atoms with E-state index in [1.54, 1.807) is 0 Å².